The lowest BCUT2D eigenvalue weighted by molar-refractivity contribution is -0.117. The summed E-state index contributed by atoms with van der Waals surface area (Å²) >= 11 is 6.25. The third kappa shape index (κ3) is 3.30. The summed E-state index contributed by atoms with van der Waals surface area (Å²) < 4.78 is 2.58. The number of rotatable bonds is 4. The molecule has 0 aliphatic rings. The number of benzene rings is 2. The number of nitrogens with one attached hydrogen (secondary N) is 1. The first-order valence-electron chi connectivity index (χ1n) is 8.02. The molecule has 0 fully saturated rings. The number of hydrogen-bond donors (Lipinski definition) is 1. The lowest BCUT2D eigenvalue weighted by Crippen LogP contribution is -2.29. The Bertz CT molecular complexity index is 1190. The molecule has 2 heterocycles. The van der Waals surface area contributed by atoms with Crippen molar-refractivity contribution in [3.8, 4) is 5.69 Å². The van der Waals surface area contributed by atoms with E-state index in [9.17, 15) is 9.59 Å². The highest BCUT2D eigenvalue weighted by atomic mass is 35.5. The molecule has 1 N–H and O–H groups in total. The van der Waals surface area contributed by atoms with E-state index in [2.05, 4.69) is 20.5 Å². The molecule has 1 amide bonds. The van der Waals surface area contributed by atoms with Gasteiger partial charge in [-0.2, -0.15) is 10.2 Å². The van der Waals surface area contributed by atoms with E-state index < -0.39 is 5.91 Å². The van der Waals surface area contributed by atoms with Crippen molar-refractivity contribution in [1.29, 1.82) is 0 Å². The molecule has 0 saturated carbocycles. The molecule has 4 aromatic rings. The number of carbonyl (C=O) groups excluding carboxylic acids is 1. The van der Waals surface area contributed by atoms with E-state index in [0.29, 0.717) is 21.8 Å². The Hall–Kier alpha value is -3.52. The Labute approximate surface area is 158 Å². The largest absolute Gasteiger partial charge is 0.323 e. The minimum atomic E-state index is -0.413. The number of hydrogen-bond acceptors (Lipinski definition) is 5. The normalized spacial score (nSPS) is 10.9. The minimum absolute atomic E-state index is 0.229. The van der Waals surface area contributed by atoms with Crippen LogP contribution in [0.25, 0.3) is 16.5 Å². The first-order chi connectivity index (χ1) is 13.1. The molecule has 0 aliphatic carbocycles. The van der Waals surface area contributed by atoms with Crippen LogP contribution < -0.4 is 10.9 Å². The first kappa shape index (κ1) is 16.9. The zero-order chi connectivity index (χ0) is 18.8. The Balaban J connectivity index is 1.62. The maximum Gasteiger partial charge on any atom is 0.275 e. The van der Waals surface area contributed by atoms with Gasteiger partial charge in [-0.05, 0) is 18.2 Å². The minimum Gasteiger partial charge on any atom is -0.323 e. The quantitative estimate of drug-likeness (QED) is 0.586. The monoisotopic (exact) mass is 380 g/mol. The highest BCUT2D eigenvalue weighted by Crippen LogP contribution is 2.27. The maximum absolute atomic E-state index is 12.5. The number of amides is 1. The van der Waals surface area contributed by atoms with Crippen LogP contribution in [0.4, 0.5) is 5.69 Å². The van der Waals surface area contributed by atoms with E-state index in [1.54, 1.807) is 42.6 Å². The molecular formula is C18H13ClN6O2. The van der Waals surface area contributed by atoms with Gasteiger partial charge in [-0.15, -0.1) is 0 Å². The molecule has 0 radical (unpaired) electrons. The van der Waals surface area contributed by atoms with Gasteiger partial charge in [0.05, 0.1) is 22.3 Å². The van der Waals surface area contributed by atoms with Crippen LogP contribution in [0.2, 0.25) is 5.02 Å². The smallest absolute Gasteiger partial charge is 0.275 e. The van der Waals surface area contributed by atoms with Crippen LogP contribution >= 0.6 is 11.6 Å². The summed E-state index contributed by atoms with van der Waals surface area (Å²) in [5, 5.41) is 12.5. The molecule has 9 heteroatoms. The number of halogens is 1. The Morgan fingerprint density at radius 1 is 1.11 bits per heavy atom. The molecule has 0 saturated heterocycles. The fourth-order valence-corrected chi connectivity index (χ4v) is 3.00. The average molecular weight is 381 g/mol. The van der Waals surface area contributed by atoms with Crippen LogP contribution in [0.5, 0.6) is 0 Å². The molecule has 8 nitrogen and oxygen atoms in total. The zero-order valence-electron chi connectivity index (χ0n) is 13.9. The van der Waals surface area contributed by atoms with Gasteiger partial charge in [0, 0.05) is 5.39 Å². The molecular weight excluding hydrogens is 368 g/mol. The Morgan fingerprint density at radius 2 is 1.96 bits per heavy atom. The van der Waals surface area contributed by atoms with Crippen molar-refractivity contribution in [2.45, 2.75) is 6.54 Å². The zero-order valence-corrected chi connectivity index (χ0v) is 14.7. The number of fused-ring (bicyclic) bond motifs is 1. The highest BCUT2D eigenvalue weighted by Gasteiger charge is 2.14. The SMILES string of the molecule is O=C(Cn1ncc2ccccc2c1=O)Nc1cccc(Cl)c1-n1cncn1. The third-order valence-corrected chi connectivity index (χ3v) is 4.27. The summed E-state index contributed by atoms with van der Waals surface area (Å²) in [5.74, 6) is -0.413. The predicted octanol–water partition coefficient (Wildman–Crippen LogP) is 2.27. The van der Waals surface area contributed by atoms with Crippen molar-refractivity contribution in [3.05, 3.63) is 76.7 Å². The fraction of sp³-hybridized carbons (Fsp3) is 0.0556. The molecule has 4 rings (SSSR count). The van der Waals surface area contributed by atoms with Crippen molar-refractivity contribution >= 4 is 34.0 Å². The Kier molecular flexibility index (Phi) is 4.39. The summed E-state index contributed by atoms with van der Waals surface area (Å²) in [6, 6.07) is 12.2. The number of aromatic nitrogens is 5. The van der Waals surface area contributed by atoms with E-state index >= 15 is 0 Å². The predicted molar refractivity (Wildman–Crippen MR) is 101 cm³/mol. The molecule has 134 valence electrons. The second-order valence-corrected chi connectivity index (χ2v) is 6.13. The lowest BCUT2D eigenvalue weighted by atomic mass is 10.2. The van der Waals surface area contributed by atoms with Crippen molar-refractivity contribution in [2.24, 2.45) is 0 Å². The van der Waals surface area contributed by atoms with Crippen LogP contribution in [-0.2, 0) is 11.3 Å². The topological polar surface area (TPSA) is 94.7 Å². The highest BCUT2D eigenvalue weighted by molar-refractivity contribution is 6.33. The standard InChI is InChI=1S/C18H13ClN6O2/c19-14-6-3-7-15(17(14)25-11-20-10-22-25)23-16(26)9-24-18(27)13-5-2-1-4-12(13)8-21-24/h1-8,10-11H,9H2,(H,23,26). The lowest BCUT2D eigenvalue weighted by Gasteiger charge is -2.12. The first-order valence-corrected chi connectivity index (χ1v) is 8.39. The van der Waals surface area contributed by atoms with E-state index in [-0.39, 0.29) is 12.1 Å². The van der Waals surface area contributed by atoms with E-state index in [0.717, 1.165) is 10.1 Å². The van der Waals surface area contributed by atoms with Gasteiger partial charge in [-0.25, -0.2) is 14.3 Å². The van der Waals surface area contributed by atoms with Gasteiger partial charge in [-0.1, -0.05) is 35.9 Å². The van der Waals surface area contributed by atoms with Gasteiger partial charge < -0.3 is 5.32 Å². The second kappa shape index (κ2) is 7.00. The number of nitrogens with zero attached hydrogens (tertiary/aromatic N) is 5. The molecule has 2 aromatic carbocycles. The average Bonchev–Trinajstić information content (AvgIpc) is 3.18. The van der Waals surface area contributed by atoms with Crippen molar-refractivity contribution < 1.29 is 4.79 Å². The van der Waals surface area contributed by atoms with Gasteiger partial charge in [-0.3, -0.25) is 9.59 Å². The van der Waals surface area contributed by atoms with Gasteiger partial charge >= 0.3 is 0 Å². The van der Waals surface area contributed by atoms with Gasteiger partial charge in [0.25, 0.3) is 5.56 Å². The molecule has 0 unspecified atom stereocenters. The van der Waals surface area contributed by atoms with Crippen molar-refractivity contribution in [3.63, 3.8) is 0 Å². The number of carbonyl (C=O) groups is 1. The molecule has 0 aliphatic heterocycles. The van der Waals surface area contributed by atoms with Gasteiger partial charge in [0.2, 0.25) is 5.91 Å². The van der Waals surface area contributed by atoms with Crippen LogP contribution in [0.15, 0.2) is 66.1 Å². The molecule has 0 spiro atoms. The summed E-state index contributed by atoms with van der Waals surface area (Å²) in [7, 11) is 0. The van der Waals surface area contributed by atoms with Crippen molar-refractivity contribution in [2.75, 3.05) is 5.32 Å². The van der Waals surface area contributed by atoms with Crippen molar-refractivity contribution in [1.82, 2.24) is 24.5 Å². The number of anilines is 1. The third-order valence-electron chi connectivity index (χ3n) is 3.96. The molecule has 0 bridgehead atoms. The van der Waals surface area contributed by atoms with Crippen LogP contribution in [0.3, 0.4) is 0 Å². The number of para-hydroxylation sites is 1. The Morgan fingerprint density at radius 3 is 2.78 bits per heavy atom. The van der Waals surface area contributed by atoms with E-state index in [1.165, 1.54) is 17.3 Å². The van der Waals surface area contributed by atoms with Gasteiger partial charge in [0.15, 0.2) is 0 Å². The summed E-state index contributed by atoms with van der Waals surface area (Å²) in [6.07, 6.45) is 4.41. The molecule has 2 aromatic heterocycles. The fourth-order valence-electron chi connectivity index (χ4n) is 2.74. The second-order valence-electron chi connectivity index (χ2n) is 5.72. The summed E-state index contributed by atoms with van der Waals surface area (Å²) in [6.45, 7) is -0.229. The van der Waals surface area contributed by atoms with Crippen LogP contribution in [-0.4, -0.2) is 30.5 Å². The summed E-state index contributed by atoms with van der Waals surface area (Å²) in [5.41, 5.74) is 0.613. The maximum atomic E-state index is 12.5. The molecule has 0 atom stereocenters. The van der Waals surface area contributed by atoms with Gasteiger partial charge in [0.1, 0.15) is 24.9 Å². The van der Waals surface area contributed by atoms with E-state index in [4.69, 9.17) is 11.6 Å². The van der Waals surface area contributed by atoms with Crippen LogP contribution in [0.1, 0.15) is 0 Å². The summed E-state index contributed by atoms with van der Waals surface area (Å²) in [4.78, 5) is 28.9. The van der Waals surface area contributed by atoms with Crippen LogP contribution in [0, 0.1) is 0 Å². The molecule has 27 heavy (non-hydrogen) atoms. The van der Waals surface area contributed by atoms with E-state index in [1.807, 2.05) is 6.07 Å².